The molecule has 2 aromatic rings. The summed E-state index contributed by atoms with van der Waals surface area (Å²) in [6, 6.07) is 9.88. The first kappa shape index (κ1) is 11.9. The highest BCUT2D eigenvalue weighted by molar-refractivity contribution is 5.61. The molecule has 0 saturated carbocycles. The van der Waals surface area contributed by atoms with Gasteiger partial charge in [-0.3, -0.25) is 0 Å². The Morgan fingerprint density at radius 3 is 2.47 bits per heavy atom. The van der Waals surface area contributed by atoms with Crippen LogP contribution in [-0.2, 0) is 6.42 Å². The molecule has 1 N–H and O–H groups in total. The van der Waals surface area contributed by atoms with Crippen LogP contribution < -0.4 is 0 Å². The second-order valence-electron chi connectivity index (χ2n) is 4.86. The maximum atomic E-state index is 9.86. The van der Waals surface area contributed by atoms with E-state index < -0.39 is 5.60 Å². The molecule has 0 radical (unpaired) electrons. The van der Waals surface area contributed by atoms with Crippen LogP contribution in [0.25, 0.3) is 11.3 Å². The van der Waals surface area contributed by atoms with Crippen molar-refractivity contribution in [3.8, 4) is 11.3 Å². The summed E-state index contributed by atoms with van der Waals surface area (Å²) < 4.78 is 5.57. The fourth-order valence-corrected chi connectivity index (χ4v) is 1.80. The van der Waals surface area contributed by atoms with Gasteiger partial charge >= 0.3 is 0 Å². The standard InChI is InChI=1S/C14H17NO2/c1-10-15-13(11-7-5-4-6-8-11)12(17-10)9-14(2,3)16/h4-8,16H,9H2,1-3H3. The van der Waals surface area contributed by atoms with Crippen molar-refractivity contribution in [1.29, 1.82) is 0 Å². The van der Waals surface area contributed by atoms with Crippen LogP contribution in [0, 0.1) is 6.92 Å². The molecule has 1 heterocycles. The zero-order chi connectivity index (χ0) is 12.5. The molecule has 90 valence electrons. The third-order valence-electron chi connectivity index (χ3n) is 2.44. The Kier molecular flexibility index (Phi) is 3.03. The fourth-order valence-electron chi connectivity index (χ4n) is 1.80. The van der Waals surface area contributed by atoms with E-state index in [1.54, 1.807) is 13.8 Å². The molecule has 1 aromatic heterocycles. The largest absolute Gasteiger partial charge is 0.445 e. The first-order chi connectivity index (χ1) is 7.96. The highest BCUT2D eigenvalue weighted by Gasteiger charge is 2.21. The van der Waals surface area contributed by atoms with Crippen molar-refractivity contribution < 1.29 is 9.52 Å². The lowest BCUT2D eigenvalue weighted by molar-refractivity contribution is 0.0752. The summed E-state index contributed by atoms with van der Waals surface area (Å²) in [6.07, 6.45) is 0.456. The van der Waals surface area contributed by atoms with Crippen LogP contribution in [0.5, 0.6) is 0 Å². The van der Waals surface area contributed by atoms with E-state index in [9.17, 15) is 5.11 Å². The topological polar surface area (TPSA) is 46.3 Å². The lowest BCUT2D eigenvalue weighted by Crippen LogP contribution is -2.21. The van der Waals surface area contributed by atoms with Gasteiger partial charge in [-0.2, -0.15) is 0 Å². The van der Waals surface area contributed by atoms with Gasteiger partial charge in [0.1, 0.15) is 11.5 Å². The highest BCUT2D eigenvalue weighted by Crippen LogP contribution is 2.26. The normalized spacial score (nSPS) is 11.8. The summed E-state index contributed by atoms with van der Waals surface area (Å²) in [4.78, 5) is 4.39. The average molecular weight is 231 g/mol. The van der Waals surface area contributed by atoms with Crippen molar-refractivity contribution in [3.05, 3.63) is 42.0 Å². The molecular weight excluding hydrogens is 214 g/mol. The molecule has 0 bridgehead atoms. The van der Waals surface area contributed by atoms with E-state index in [0.29, 0.717) is 12.3 Å². The summed E-state index contributed by atoms with van der Waals surface area (Å²) in [7, 11) is 0. The summed E-state index contributed by atoms with van der Waals surface area (Å²) in [5.41, 5.74) is 1.05. The Labute approximate surface area is 101 Å². The summed E-state index contributed by atoms with van der Waals surface area (Å²) in [6.45, 7) is 5.35. The molecule has 0 aliphatic carbocycles. The Morgan fingerprint density at radius 2 is 1.88 bits per heavy atom. The van der Waals surface area contributed by atoms with Crippen molar-refractivity contribution in [2.24, 2.45) is 0 Å². The first-order valence-corrected chi connectivity index (χ1v) is 5.70. The number of nitrogens with zero attached hydrogens (tertiary/aromatic N) is 1. The SMILES string of the molecule is Cc1nc(-c2ccccc2)c(CC(C)(C)O)o1. The monoisotopic (exact) mass is 231 g/mol. The number of oxazole rings is 1. The summed E-state index contributed by atoms with van der Waals surface area (Å²) in [5.74, 6) is 1.37. The van der Waals surface area contributed by atoms with Gasteiger partial charge in [0, 0.05) is 18.9 Å². The van der Waals surface area contributed by atoms with Gasteiger partial charge in [-0.1, -0.05) is 30.3 Å². The number of rotatable bonds is 3. The molecule has 3 heteroatoms. The Morgan fingerprint density at radius 1 is 1.24 bits per heavy atom. The molecule has 2 rings (SSSR count). The third kappa shape index (κ3) is 2.94. The van der Waals surface area contributed by atoms with Gasteiger partial charge in [-0.25, -0.2) is 4.98 Å². The predicted molar refractivity (Wildman–Crippen MR) is 66.7 cm³/mol. The van der Waals surface area contributed by atoms with Crippen LogP contribution in [0.15, 0.2) is 34.7 Å². The summed E-state index contributed by atoms with van der Waals surface area (Å²) >= 11 is 0. The zero-order valence-electron chi connectivity index (χ0n) is 10.4. The molecule has 0 fully saturated rings. The smallest absolute Gasteiger partial charge is 0.191 e. The molecule has 1 aromatic carbocycles. The molecule has 0 amide bonds. The molecule has 0 saturated heterocycles. The van der Waals surface area contributed by atoms with E-state index in [2.05, 4.69) is 4.98 Å². The zero-order valence-corrected chi connectivity index (χ0v) is 10.4. The second-order valence-corrected chi connectivity index (χ2v) is 4.86. The van der Waals surface area contributed by atoms with Gasteiger partial charge in [0.2, 0.25) is 0 Å². The van der Waals surface area contributed by atoms with Crippen LogP contribution in [0.2, 0.25) is 0 Å². The lowest BCUT2D eigenvalue weighted by Gasteiger charge is -2.15. The van der Waals surface area contributed by atoms with E-state index in [4.69, 9.17) is 4.42 Å². The number of aromatic nitrogens is 1. The van der Waals surface area contributed by atoms with E-state index >= 15 is 0 Å². The molecule has 0 atom stereocenters. The quantitative estimate of drug-likeness (QED) is 0.883. The number of aliphatic hydroxyl groups is 1. The highest BCUT2D eigenvalue weighted by atomic mass is 16.4. The molecule has 3 nitrogen and oxygen atoms in total. The van der Waals surface area contributed by atoms with Crippen molar-refractivity contribution in [3.63, 3.8) is 0 Å². The maximum absolute atomic E-state index is 9.86. The van der Waals surface area contributed by atoms with Crippen LogP contribution in [0.3, 0.4) is 0 Å². The minimum Gasteiger partial charge on any atom is -0.445 e. The molecule has 0 aliphatic rings. The number of hydrogen-bond donors (Lipinski definition) is 1. The van der Waals surface area contributed by atoms with Crippen molar-refractivity contribution in [1.82, 2.24) is 4.98 Å². The molecular formula is C14H17NO2. The van der Waals surface area contributed by atoms with E-state index in [-0.39, 0.29) is 0 Å². The fraction of sp³-hybridized carbons (Fsp3) is 0.357. The first-order valence-electron chi connectivity index (χ1n) is 5.70. The van der Waals surface area contributed by atoms with E-state index in [1.165, 1.54) is 0 Å². The molecule has 17 heavy (non-hydrogen) atoms. The van der Waals surface area contributed by atoms with Crippen molar-refractivity contribution >= 4 is 0 Å². The van der Waals surface area contributed by atoms with Gasteiger partial charge in [0.05, 0.1) is 5.60 Å². The van der Waals surface area contributed by atoms with Gasteiger partial charge in [0.25, 0.3) is 0 Å². The van der Waals surface area contributed by atoms with Crippen LogP contribution in [-0.4, -0.2) is 15.7 Å². The van der Waals surface area contributed by atoms with Crippen LogP contribution in [0.4, 0.5) is 0 Å². The predicted octanol–water partition coefficient (Wildman–Crippen LogP) is 2.96. The van der Waals surface area contributed by atoms with Gasteiger partial charge in [0.15, 0.2) is 5.89 Å². The molecule has 0 spiro atoms. The van der Waals surface area contributed by atoms with Gasteiger partial charge in [-0.05, 0) is 13.8 Å². The van der Waals surface area contributed by atoms with Crippen LogP contribution >= 0.6 is 0 Å². The van der Waals surface area contributed by atoms with Gasteiger partial charge in [-0.15, -0.1) is 0 Å². The molecule has 0 unspecified atom stereocenters. The van der Waals surface area contributed by atoms with Crippen LogP contribution in [0.1, 0.15) is 25.5 Å². The summed E-state index contributed by atoms with van der Waals surface area (Å²) in [5, 5.41) is 9.86. The lowest BCUT2D eigenvalue weighted by atomic mass is 10.0. The number of benzene rings is 1. The third-order valence-corrected chi connectivity index (χ3v) is 2.44. The van der Waals surface area contributed by atoms with E-state index in [0.717, 1.165) is 17.0 Å². The minimum absolute atomic E-state index is 0.456. The molecule has 0 aliphatic heterocycles. The van der Waals surface area contributed by atoms with E-state index in [1.807, 2.05) is 37.3 Å². The maximum Gasteiger partial charge on any atom is 0.191 e. The minimum atomic E-state index is -0.796. The number of aryl methyl sites for hydroxylation is 1. The average Bonchev–Trinajstić information content (AvgIpc) is 2.58. The Hall–Kier alpha value is -1.61. The number of hydrogen-bond acceptors (Lipinski definition) is 3. The second kappa shape index (κ2) is 4.34. The van der Waals surface area contributed by atoms with Crippen molar-refractivity contribution in [2.75, 3.05) is 0 Å². The van der Waals surface area contributed by atoms with Gasteiger partial charge < -0.3 is 9.52 Å². The Bertz CT molecular complexity index is 495. The van der Waals surface area contributed by atoms with Crippen molar-refractivity contribution in [2.45, 2.75) is 32.8 Å². The Balaban J connectivity index is 2.41.